The van der Waals surface area contributed by atoms with Crippen LogP contribution in [0.2, 0.25) is 0 Å². The van der Waals surface area contributed by atoms with Crippen LogP contribution in [0.15, 0.2) is 53.4 Å². The van der Waals surface area contributed by atoms with Crippen molar-refractivity contribution < 1.29 is 18.0 Å². The molecule has 1 aliphatic rings. The summed E-state index contributed by atoms with van der Waals surface area (Å²) >= 11 is 0. The predicted octanol–water partition coefficient (Wildman–Crippen LogP) is 1.42. The lowest BCUT2D eigenvalue weighted by molar-refractivity contribution is 0.0845. The lowest BCUT2D eigenvalue weighted by atomic mass is 10.2. The summed E-state index contributed by atoms with van der Waals surface area (Å²) in [7, 11) is -3.54. The molecule has 1 saturated heterocycles. The second-order valence-electron chi connectivity index (χ2n) is 6.66. The monoisotopic (exact) mass is 413 g/mol. The molecule has 0 aliphatic carbocycles. The molecule has 9 nitrogen and oxygen atoms in total. The van der Waals surface area contributed by atoms with E-state index >= 15 is 0 Å². The van der Waals surface area contributed by atoms with Gasteiger partial charge in [-0.3, -0.25) is 25.5 Å². The maximum absolute atomic E-state index is 12.5. The van der Waals surface area contributed by atoms with Gasteiger partial charge >= 0.3 is 0 Å². The molecule has 3 aromatic rings. The molecular formula is C19H19N5O4S. The van der Waals surface area contributed by atoms with Crippen LogP contribution in [0.1, 0.15) is 33.7 Å². The molecule has 1 aliphatic heterocycles. The highest BCUT2D eigenvalue weighted by atomic mass is 32.2. The quantitative estimate of drug-likeness (QED) is 0.558. The van der Waals surface area contributed by atoms with Crippen LogP contribution in [0.3, 0.4) is 0 Å². The highest BCUT2D eigenvalue weighted by Crippen LogP contribution is 2.21. The Bertz CT molecular complexity index is 1160. The second kappa shape index (κ2) is 7.64. The fourth-order valence-corrected chi connectivity index (χ4v) is 4.75. The molecule has 29 heavy (non-hydrogen) atoms. The fourth-order valence-electron chi connectivity index (χ4n) is 3.24. The van der Waals surface area contributed by atoms with Gasteiger partial charge in [-0.1, -0.05) is 18.2 Å². The molecule has 0 saturated carbocycles. The van der Waals surface area contributed by atoms with Crippen LogP contribution in [0, 0.1) is 0 Å². The van der Waals surface area contributed by atoms with E-state index in [1.54, 1.807) is 18.2 Å². The molecule has 2 heterocycles. The van der Waals surface area contributed by atoms with Crippen molar-refractivity contribution in [3.8, 4) is 0 Å². The second-order valence-corrected chi connectivity index (χ2v) is 8.60. The normalized spacial score (nSPS) is 14.8. The van der Waals surface area contributed by atoms with Gasteiger partial charge in [0.05, 0.1) is 10.4 Å². The summed E-state index contributed by atoms with van der Waals surface area (Å²) in [5.41, 5.74) is 5.72. The number of aromatic amines is 1. The number of hydrogen-bond donors (Lipinski definition) is 3. The van der Waals surface area contributed by atoms with E-state index < -0.39 is 21.8 Å². The molecule has 1 aromatic heterocycles. The van der Waals surface area contributed by atoms with Crippen molar-refractivity contribution in [1.29, 1.82) is 0 Å². The summed E-state index contributed by atoms with van der Waals surface area (Å²) in [6, 6.07) is 12.7. The maximum atomic E-state index is 12.5. The van der Waals surface area contributed by atoms with Crippen LogP contribution in [0.5, 0.6) is 0 Å². The summed E-state index contributed by atoms with van der Waals surface area (Å²) in [6.45, 7) is 1.02. The first-order valence-corrected chi connectivity index (χ1v) is 10.5. The third-order valence-corrected chi connectivity index (χ3v) is 6.71. The number of nitrogens with zero attached hydrogens (tertiary/aromatic N) is 2. The van der Waals surface area contributed by atoms with Crippen molar-refractivity contribution in [2.75, 3.05) is 13.1 Å². The Morgan fingerprint density at radius 1 is 0.931 bits per heavy atom. The van der Waals surface area contributed by atoms with Crippen molar-refractivity contribution in [2.24, 2.45) is 0 Å². The van der Waals surface area contributed by atoms with Crippen LogP contribution >= 0.6 is 0 Å². The SMILES string of the molecule is O=C(NNC(=O)c1n[nH]c2ccccc12)c1ccc(S(=O)(=O)N2CCCC2)cc1. The summed E-state index contributed by atoms with van der Waals surface area (Å²) in [6.07, 6.45) is 1.70. The Labute approximate surface area is 167 Å². The number of rotatable bonds is 4. The van der Waals surface area contributed by atoms with E-state index in [-0.39, 0.29) is 16.2 Å². The zero-order valence-corrected chi connectivity index (χ0v) is 16.2. The Balaban J connectivity index is 1.41. The lowest BCUT2D eigenvalue weighted by Gasteiger charge is -2.15. The molecule has 0 radical (unpaired) electrons. The van der Waals surface area contributed by atoms with E-state index in [2.05, 4.69) is 21.0 Å². The zero-order chi connectivity index (χ0) is 20.4. The van der Waals surface area contributed by atoms with Crippen molar-refractivity contribution in [3.63, 3.8) is 0 Å². The molecule has 0 bridgehead atoms. The Hall–Kier alpha value is -3.24. The molecular weight excluding hydrogens is 394 g/mol. The molecule has 2 aromatic carbocycles. The molecule has 150 valence electrons. The van der Waals surface area contributed by atoms with Crippen molar-refractivity contribution in [1.82, 2.24) is 25.4 Å². The predicted molar refractivity (Wildman–Crippen MR) is 105 cm³/mol. The van der Waals surface area contributed by atoms with Gasteiger partial charge in [0.2, 0.25) is 10.0 Å². The van der Waals surface area contributed by atoms with Gasteiger partial charge in [-0.15, -0.1) is 0 Å². The number of carbonyl (C=O) groups is 2. The van der Waals surface area contributed by atoms with Crippen molar-refractivity contribution >= 4 is 32.7 Å². The Kier molecular flexibility index (Phi) is 5.03. The molecule has 2 amide bonds. The van der Waals surface area contributed by atoms with E-state index in [4.69, 9.17) is 0 Å². The molecule has 1 fully saturated rings. The fraction of sp³-hybridized carbons (Fsp3) is 0.211. The molecule has 0 unspecified atom stereocenters. The highest BCUT2D eigenvalue weighted by Gasteiger charge is 2.27. The minimum atomic E-state index is -3.54. The standard InChI is InChI=1S/C19H19N5O4S/c25-18(22-23-19(26)17-15-5-1-2-6-16(15)20-21-17)13-7-9-14(10-8-13)29(27,28)24-11-3-4-12-24/h1-2,5-10H,3-4,11-12H2,(H,20,21)(H,22,25)(H,23,26). The first-order valence-electron chi connectivity index (χ1n) is 9.11. The summed E-state index contributed by atoms with van der Waals surface area (Å²) in [5, 5.41) is 7.34. The van der Waals surface area contributed by atoms with Gasteiger partial charge in [0.25, 0.3) is 11.8 Å². The number of benzene rings is 2. The largest absolute Gasteiger partial charge is 0.290 e. The first kappa shape index (κ1) is 19.1. The van der Waals surface area contributed by atoms with Crippen LogP contribution < -0.4 is 10.9 Å². The van der Waals surface area contributed by atoms with E-state index in [0.717, 1.165) is 12.8 Å². The average molecular weight is 413 g/mol. The van der Waals surface area contributed by atoms with Gasteiger partial charge in [-0.05, 0) is 43.2 Å². The number of fused-ring (bicyclic) bond motifs is 1. The Morgan fingerprint density at radius 2 is 1.59 bits per heavy atom. The topological polar surface area (TPSA) is 124 Å². The number of amides is 2. The van der Waals surface area contributed by atoms with Gasteiger partial charge in [-0.2, -0.15) is 9.40 Å². The summed E-state index contributed by atoms with van der Waals surface area (Å²) in [4.78, 5) is 24.7. The third kappa shape index (κ3) is 3.71. The molecule has 0 atom stereocenters. The molecule has 4 rings (SSSR count). The number of hydrazine groups is 1. The highest BCUT2D eigenvalue weighted by molar-refractivity contribution is 7.89. The van der Waals surface area contributed by atoms with E-state index in [0.29, 0.717) is 24.0 Å². The van der Waals surface area contributed by atoms with Gasteiger partial charge in [0, 0.05) is 24.0 Å². The van der Waals surface area contributed by atoms with Crippen LogP contribution in [-0.2, 0) is 10.0 Å². The number of nitrogens with one attached hydrogen (secondary N) is 3. The van der Waals surface area contributed by atoms with Crippen molar-refractivity contribution in [3.05, 3.63) is 59.8 Å². The van der Waals surface area contributed by atoms with E-state index in [1.807, 2.05) is 6.07 Å². The van der Waals surface area contributed by atoms with Crippen LogP contribution in [-0.4, -0.2) is 47.8 Å². The summed E-state index contributed by atoms with van der Waals surface area (Å²) in [5.74, 6) is -1.13. The van der Waals surface area contributed by atoms with Crippen molar-refractivity contribution in [2.45, 2.75) is 17.7 Å². The summed E-state index contributed by atoms with van der Waals surface area (Å²) < 4.78 is 26.5. The average Bonchev–Trinajstić information content (AvgIpc) is 3.42. The number of aromatic nitrogens is 2. The minimum Gasteiger partial charge on any atom is -0.277 e. The van der Waals surface area contributed by atoms with Gasteiger partial charge in [0.15, 0.2) is 5.69 Å². The van der Waals surface area contributed by atoms with Gasteiger partial charge in [0.1, 0.15) is 0 Å². The minimum absolute atomic E-state index is 0.142. The molecule has 10 heteroatoms. The molecule has 0 spiro atoms. The number of carbonyl (C=O) groups excluding carboxylic acids is 2. The Morgan fingerprint density at radius 3 is 2.31 bits per heavy atom. The molecule has 3 N–H and O–H groups in total. The smallest absolute Gasteiger partial charge is 0.277 e. The van der Waals surface area contributed by atoms with Crippen LogP contribution in [0.4, 0.5) is 0 Å². The van der Waals surface area contributed by atoms with Crippen LogP contribution in [0.25, 0.3) is 10.9 Å². The number of para-hydroxylation sites is 1. The van der Waals surface area contributed by atoms with E-state index in [9.17, 15) is 18.0 Å². The third-order valence-electron chi connectivity index (χ3n) is 4.79. The maximum Gasteiger partial charge on any atom is 0.290 e. The van der Waals surface area contributed by atoms with Gasteiger partial charge < -0.3 is 0 Å². The zero-order valence-electron chi connectivity index (χ0n) is 15.4. The van der Waals surface area contributed by atoms with Gasteiger partial charge in [-0.25, -0.2) is 8.42 Å². The number of sulfonamides is 1. The van der Waals surface area contributed by atoms with E-state index in [1.165, 1.54) is 28.6 Å². The lowest BCUT2D eigenvalue weighted by Crippen LogP contribution is -2.41. The first-order chi connectivity index (χ1) is 14.0. The number of H-pyrrole nitrogens is 1. The number of hydrogen-bond acceptors (Lipinski definition) is 5.